The van der Waals surface area contributed by atoms with E-state index in [0.717, 1.165) is 66.0 Å². The number of aliphatic hydroxyl groups excluding tert-OH is 2. The minimum Gasteiger partial charge on any atom is -0.493 e. The molecule has 0 aliphatic heterocycles. The van der Waals surface area contributed by atoms with Gasteiger partial charge in [-0.2, -0.15) is 0 Å². The first-order valence-electron chi connectivity index (χ1n) is 21.8. The van der Waals surface area contributed by atoms with Crippen molar-refractivity contribution in [1.29, 1.82) is 0 Å². The summed E-state index contributed by atoms with van der Waals surface area (Å²) in [6.45, 7) is 18.0. The Morgan fingerprint density at radius 3 is 1.76 bits per heavy atom. The van der Waals surface area contributed by atoms with Gasteiger partial charge in [0.25, 0.3) is 0 Å². The second kappa shape index (κ2) is 23.4. The first-order chi connectivity index (χ1) is 27.9. The number of benzene rings is 3. The van der Waals surface area contributed by atoms with Gasteiger partial charge in [0.1, 0.15) is 5.75 Å². The summed E-state index contributed by atoms with van der Waals surface area (Å²) < 4.78 is 17.6. The first kappa shape index (κ1) is 46.5. The molecule has 0 spiro atoms. The summed E-state index contributed by atoms with van der Waals surface area (Å²) in [5.74, 6) is 1.42. The maximum absolute atomic E-state index is 12.2. The van der Waals surface area contributed by atoms with E-state index in [2.05, 4.69) is 88.5 Å². The van der Waals surface area contributed by atoms with Crippen LogP contribution >= 0.6 is 0 Å². The number of hydrogen-bond donors (Lipinski definition) is 2. The molecule has 0 unspecified atom stereocenters. The summed E-state index contributed by atoms with van der Waals surface area (Å²) >= 11 is 0. The molecule has 1 saturated carbocycles. The zero-order valence-electron chi connectivity index (χ0n) is 36.1. The van der Waals surface area contributed by atoms with E-state index in [-0.39, 0.29) is 26.4 Å². The van der Waals surface area contributed by atoms with Crippen LogP contribution in [-0.4, -0.2) is 55.2 Å². The molecule has 1 aliphatic carbocycles. The predicted molar refractivity (Wildman–Crippen MR) is 236 cm³/mol. The van der Waals surface area contributed by atoms with Crippen molar-refractivity contribution in [2.24, 2.45) is 11.3 Å². The van der Waals surface area contributed by atoms with Crippen LogP contribution in [0.2, 0.25) is 0 Å². The highest BCUT2D eigenvalue weighted by Gasteiger charge is 2.29. The summed E-state index contributed by atoms with van der Waals surface area (Å²) in [6.07, 6.45) is 12.6. The van der Waals surface area contributed by atoms with E-state index in [1.807, 2.05) is 0 Å². The minimum atomic E-state index is -0.629. The molecule has 3 aromatic rings. The Kier molecular flexibility index (Phi) is 18.8. The number of ether oxygens (including phenoxy) is 3. The molecular weight excluding hydrogens is 725 g/mol. The van der Waals surface area contributed by atoms with Crippen LogP contribution in [0, 0.1) is 11.3 Å². The molecule has 316 valence electrons. The zero-order chi connectivity index (χ0) is 42.1. The van der Waals surface area contributed by atoms with E-state index >= 15 is 0 Å². The highest BCUT2D eigenvalue weighted by molar-refractivity contribution is 5.87. The largest absolute Gasteiger partial charge is 0.493 e. The fourth-order valence-corrected chi connectivity index (χ4v) is 8.07. The summed E-state index contributed by atoms with van der Waals surface area (Å²) in [5.41, 5.74) is 9.38. The smallest absolute Gasteiger partial charge is 0.333 e. The number of aryl methyl sites for hydroxylation is 3. The van der Waals surface area contributed by atoms with Gasteiger partial charge in [-0.15, -0.1) is 0 Å². The zero-order valence-corrected chi connectivity index (χ0v) is 36.1. The third-order valence-electron chi connectivity index (χ3n) is 12.0. The maximum atomic E-state index is 12.2. The normalized spacial score (nSPS) is 15.5. The molecule has 0 saturated heterocycles. The Morgan fingerprint density at radius 1 is 0.690 bits per heavy atom. The molecule has 4 rings (SSSR count). The van der Waals surface area contributed by atoms with Crippen LogP contribution in [0.5, 0.6) is 5.75 Å². The number of hydrogen-bond acceptors (Lipinski definition) is 7. The minimum absolute atomic E-state index is 0.114. The van der Waals surface area contributed by atoms with E-state index in [4.69, 9.17) is 14.2 Å². The summed E-state index contributed by atoms with van der Waals surface area (Å²) in [6, 6.07) is 20.3. The Bertz CT molecular complexity index is 1740. The van der Waals surface area contributed by atoms with Crippen molar-refractivity contribution >= 4 is 11.9 Å². The second-order valence-corrected chi connectivity index (χ2v) is 16.8. The van der Waals surface area contributed by atoms with Gasteiger partial charge >= 0.3 is 11.9 Å². The number of unbranched alkanes of at least 4 members (excludes halogenated alkanes) is 2. The van der Waals surface area contributed by atoms with Crippen molar-refractivity contribution < 1.29 is 34.0 Å². The number of rotatable bonds is 24. The monoisotopic (exact) mass is 795 g/mol. The van der Waals surface area contributed by atoms with Crippen molar-refractivity contribution in [2.75, 3.05) is 33.0 Å². The number of carbonyl (C=O) groups excluding carboxylic acids is 2. The van der Waals surface area contributed by atoms with Crippen LogP contribution < -0.4 is 4.74 Å². The lowest BCUT2D eigenvalue weighted by atomic mass is 9.79. The van der Waals surface area contributed by atoms with Crippen molar-refractivity contribution in [1.82, 2.24) is 0 Å². The van der Waals surface area contributed by atoms with Gasteiger partial charge in [-0.1, -0.05) is 108 Å². The number of aliphatic hydroxyl groups is 2. The number of carbonyl (C=O) groups is 2. The predicted octanol–water partition coefficient (Wildman–Crippen LogP) is 11.3. The molecule has 58 heavy (non-hydrogen) atoms. The maximum Gasteiger partial charge on any atom is 0.333 e. The van der Waals surface area contributed by atoms with Crippen LogP contribution in [0.4, 0.5) is 0 Å². The fraction of sp³-hybridized carbons (Fsp3) is 0.529. The Labute approximate surface area is 348 Å². The van der Waals surface area contributed by atoms with Gasteiger partial charge < -0.3 is 24.4 Å². The van der Waals surface area contributed by atoms with Gasteiger partial charge in [-0.05, 0) is 140 Å². The van der Waals surface area contributed by atoms with Crippen molar-refractivity contribution in [3.63, 3.8) is 0 Å². The summed E-state index contributed by atoms with van der Waals surface area (Å²) in [7, 11) is 0. The third-order valence-corrected chi connectivity index (χ3v) is 12.0. The van der Waals surface area contributed by atoms with E-state index < -0.39 is 17.4 Å². The van der Waals surface area contributed by atoms with Gasteiger partial charge in [0, 0.05) is 16.6 Å². The first-order valence-corrected chi connectivity index (χ1v) is 21.8. The van der Waals surface area contributed by atoms with Crippen LogP contribution in [0.3, 0.4) is 0 Å². The second-order valence-electron chi connectivity index (χ2n) is 16.8. The van der Waals surface area contributed by atoms with Crippen molar-refractivity contribution in [3.8, 4) is 28.0 Å². The van der Waals surface area contributed by atoms with E-state index in [1.165, 1.54) is 47.9 Å². The molecule has 0 radical (unpaired) electrons. The molecule has 0 atom stereocenters. The Hall–Kier alpha value is -4.20. The van der Waals surface area contributed by atoms with Gasteiger partial charge in [0.15, 0.2) is 0 Å². The molecule has 1 fully saturated rings. The molecule has 2 N–H and O–H groups in total. The topological polar surface area (TPSA) is 102 Å². The highest BCUT2D eigenvalue weighted by atomic mass is 16.5. The Balaban J connectivity index is 1.69. The van der Waals surface area contributed by atoms with E-state index in [1.54, 1.807) is 13.8 Å². The van der Waals surface area contributed by atoms with E-state index in [0.29, 0.717) is 55.8 Å². The molecule has 0 bridgehead atoms. The molecule has 0 aromatic heterocycles. The molecule has 7 nitrogen and oxygen atoms in total. The lowest BCUT2D eigenvalue weighted by molar-refractivity contribution is -0.139. The van der Waals surface area contributed by atoms with E-state index in [9.17, 15) is 19.8 Å². The lowest BCUT2D eigenvalue weighted by Crippen LogP contribution is -2.32. The average molecular weight is 795 g/mol. The quantitative estimate of drug-likeness (QED) is 0.0529. The molecule has 3 aromatic carbocycles. The molecule has 1 aliphatic rings. The lowest BCUT2D eigenvalue weighted by Gasteiger charge is -2.30. The summed E-state index contributed by atoms with van der Waals surface area (Å²) in [5, 5.41) is 20.8. The standard InChI is InChI=1S/C51H70O7/c1-8-10-11-26-51(34-52,35-53)27-30-56-48-44(14-12-28-57-49(54)36(3)4)32-46(33-45(48)15-13-29-58-50(55)37(5)6)47-25-24-43(31-39(47)9-2)42-22-20-41(21-23-42)40-18-16-38(7)17-19-40/h20-25,31-33,38,40,52-53H,3,5,8-19,26-30,34-35H2,1-2,4,6-7H3. The van der Waals surface area contributed by atoms with Gasteiger partial charge in [0.05, 0.1) is 33.0 Å². The fourth-order valence-electron chi connectivity index (χ4n) is 8.07. The molecule has 0 heterocycles. The van der Waals surface area contributed by atoms with Crippen molar-refractivity contribution in [3.05, 3.63) is 101 Å². The highest BCUT2D eigenvalue weighted by Crippen LogP contribution is 2.39. The van der Waals surface area contributed by atoms with Crippen LogP contribution in [0.25, 0.3) is 22.3 Å². The number of esters is 2. The van der Waals surface area contributed by atoms with Crippen molar-refractivity contribution in [2.45, 2.75) is 130 Å². The average Bonchev–Trinajstić information content (AvgIpc) is 3.23. The molecule has 0 amide bonds. The van der Waals surface area contributed by atoms with Crippen LogP contribution in [0.1, 0.15) is 133 Å². The van der Waals surface area contributed by atoms with Gasteiger partial charge in [-0.25, -0.2) is 9.59 Å². The Morgan fingerprint density at radius 2 is 1.24 bits per heavy atom. The van der Waals surface area contributed by atoms with Gasteiger partial charge in [0.2, 0.25) is 0 Å². The van der Waals surface area contributed by atoms with Crippen LogP contribution in [-0.2, 0) is 38.3 Å². The SMILES string of the molecule is C=C(C)C(=O)OCCCc1cc(-c2ccc(-c3ccc(C4CCC(C)CC4)cc3)cc2CC)cc(CCCOC(=O)C(=C)C)c1OCCC(CO)(CO)CCCCC. The van der Waals surface area contributed by atoms with Crippen LogP contribution in [0.15, 0.2) is 78.9 Å². The molecule has 7 heteroatoms. The van der Waals surface area contributed by atoms with Gasteiger partial charge in [-0.3, -0.25) is 0 Å². The summed E-state index contributed by atoms with van der Waals surface area (Å²) in [4.78, 5) is 24.4. The molecular formula is C51H70O7. The third kappa shape index (κ3) is 13.4.